The molecule has 0 radical (unpaired) electrons. The molecule has 0 atom stereocenters. The predicted molar refractivity (Wildman–Crippen MR) is 67.4 cm³/mol. The molecule has 0 saturated carbocycles. The van der Waals surface area contributed by atoms with Crippen molar-refractivity contribution in [2.24, 2.45) is 0 Å². The Morgan fingerprint density at radius 1 is 1.24 bits per heavy atom. The predicted octanol–water partition coefficient (Wildman–Crippen LogP) is 3.29. The molecule has 1 aromatic heterocycles. The maximum atomic E-state index is 8.70. The second kappa shape index (κ2) is 5.46. The monoisotopic (exact) mass is 288 g/mol. The van der Waals surface area contributed by atoms with E-state index in [-0.39, 0.29) is 0 Å². The van der Waals surface area contributed by atoms with E-state index < -0.39 is 0 Å². The van der Waals surface area contributed by atoms with Gasteiger partial charge in [-0.25, -0.2) is 4.98 Å². The molecule has 0 unspecified atom stereocenters. The van der Waals surface area contributed by atoms with Gasteiger partial charge in [0.1, 0.15) is 24.1 Å². The number of halogens is 1. The Bertz CT molecular complexity index is 546. The molecular weight excluding hydrogens is 280 g/mol. The minimum absolute atomic E-state index is 0.360. The van der Waals surface area contributed by atoms with E-state index in [1.54, 1.807) is 18.3 Å². The highest BCUT2D eigenvalue weighted by molar-refractivity contribution is 9.10. The quantitative estimate of drug-likeness (QED) is 0.871. The van der Waals surface area contributed by atoms with Crippen molar-refractivity contribution in [1.82, 2.24) is 4.98 Å². The van der Waals surface area contributed by atoms with E-state index in [1.165, 1.54) is 0 Å². The molecule has 0 aliphatic carbocycles. The molecule has 0 aliphatic heterocycles. The fraction of sp³-hybridized carbons (Fsp3) is 0.0769. The minimum atomic E-state index is 0.360. The van der Waals surface area contributed by atoms with Gasteiger partial charge >= 0.3 is 0 Å². The van der Waals surface area contributed by atoms with E-state index >= 15 is 0 Å². The fourth-order valence-electron chi connectivity index (χ4n) is 1.31. The van der Waals surface area contributed by atoms with Gasteiger partial charge in [0.2, 0.25) is 0 Å². The Morgan fingerprint density at radius 2 is 2.00 bits per heavy atom. The third kappa shape index (κ3) is 3.30. The van der Waals surface area contributed by atoms with Crippen LogP contribution in [-0.2, 0) is 6.61 Å². The summed E-state index contributed by atoms with van der Waals surface area (Å²) in [5.41, 5.74) is 1.43. The van der Waals surface area contributed by atoms with Crippen molar-refractivity contribution < 1.29 is 4.74 Å². The summed E-state index contributed by atoms with van der Waals surface area (Å²) in [7, 11) is 0. The van der Waals surface area contributed by atoms with E-state index in [0.29, 0.717) is 18.1 Å². The van der Waals surface area contributed by atoms with Crippen molar-refractivity contribution in [3.63, 3.8) is 0 Å². The molecule has 0 saturated heterocycles. The molecule has 1 heterocycles. The Labute approximate surface area is 108 Å². The molecular formula is C13H9BrN2O. The van der Waals surface area contributed by atoms with Crippen LogP contribution in [-0.4, -0.2) is 4.98 Å². The Hall–Kier alpha value is -1.86. The van der Waals surface area contributed by atoms with Gasteiger partial charge < -0.3 is 4.74 Å². The average Bonchev–Trinajstić information content (AvgIpc) is 2.38. The van der Waals surface area contributed by atoms with Crippen molar-refractivity contribution in [3.05, 3.63) is 58.3 Å². The summed E-state index contributed by atoms with van der Waals surface area (Å²) in [6.07, 6.45) is 1.56. The highest BCUT2D eigenvalue weighted by Gasteiger charge is 1.98. The van der Waals surface area contributed by atoms with E-state index in [9.17, 15) is 0 Å². The first kappa shape index (κ1) is 11.6. The van der Waals surface area contributed by atoms with Crippen LogP contribution in [0.3, 0.4) is 0 Å². The molecule has 0 bridgehead atoms. The van der Waals surface area contributed by atoms with Crippen LogP contribution < -0.4 is 4.74 Å². The van der Waals surface area contributed by atoms with Crippen LogP contribution in [0.2, 0.25) is 0 Å². The molecule has 84 valence electrons. The van der Waals surface area contributed by atoms with Gasteiger partial charge in [0, 0.05) is 16.7 Å². The third-order valence-electron chi connectivity index (χ3n) is 2.16. The second-order valence-corrected chi connectivity index (χ2v) is 4.32. The van der Waals surface area contributed by atoms with Gasteiger partial charge in [-0.2, -0.15) is 5.26 Å². The lowest BCUT2D eigenvalue weighted by Gasteiger charge is -2.06. The standard InChI is InChI=1S/C13H9BrN2O/c14-11-3-1-10(2-4-11)9-17-13-5-6-16-12(7-13)8-15/h1-7H,9H2. The number of nitrogens with zero attached hydrogens (tertiary/aromatic N) is 2. The van der Waals surface area contributed by atoms with Gasteiger partial charge in [-0.05, 0) is 23.8 Å². The minimum Gasteiger partial charge on any atom is -0.489 e. The van der Waals surface area contributed by atoms with Crippen LogP contribution in [0.25, 0.3) is 0 Å². The summed E-state index contributed by atoms with van der Waals surface area (Å²) in [5.74, 6) is 0.652. The average molecular weight is 289 g/mol. The van der Waals surface area contributed by atoms with Gasteiger partial charge in [-0.1, -0.05) is 28.1 Å². The van der Waals surface area contributed by atoms with Crippen molar-refractivity contribution in [3.8, 4) is 11.8 Å². The first-order valence-corrected chi connectivity index (χ1v) is 5.80. The molecule has 3 nitrogen and oxygen atoms in total. The number of benzene rings is 1. The number of rotatable bonds is 3. The van der Waals surface area contributed by atoms with E-state index in [0.717, 1.165) is 10.0 Å². The lowest BCUT2D eigenvalue weighted by molar-refractivity contribution is 0.306. The van der Waals surface area contributed by atoms with Gasteiger partial charge in [0.15, 0.2) is 0 Å². The maximum absolute atomic E-state index is 8.70. The first-order chi connectivity index (χ1) is 8.28. The third-order valence-corrected chi connectivity index (χ3v) is 2.69. The number of nitriles is 1. The Balaban J connectivity index is 2.02. The van der Waals surface area contributed by atoms with E-state index in [4.69, 9.17) is 10.00 Å². The molecule has 2 rings (SSSR count). The first-order valence-electron chi connectivity index (χ1n) is 5.01. The maximum Gasteiger partial charge on any atom is 0.144 e. The Morgan fingerprint density at radius 3 is 2.71 bits per heavy atom. The number of hydrogen-bond acceptors (Lipinski definition) is 3. The van der Waals surface area contributed by atoms with E-state index in [2.05, 4.69) is 20.9 Å². The molecule has 4 heteroatoms. The summed E-state index contributed by atoms with van der Waals surface area (Å²) in [4.78, 5) is 3.88. The van der Waals surface area contributed by atoms with Crippen LogP contribution in [0.5, 0.6) is 5.75 Å². The second-order valence-electron chi connectivity index (χ2n) is 3.40. The summed E-state index contributed by atoms with van der Waals surface area (Å²) < 4.78 is 6.61. The summed E-state index contributed by atoms with van der Waals surface area (Å²) in [6.45, 7) is 0.474. The van der Waals surface area contributed by atoms with Gasteiger partial charge in [-0.3, -0.25) is 0 Å². The summed E-state index contributed by atoms with van der Waals surface area (Å²) >= 11 is 3.38. The van der Waals surface area contributed by atoms with Crippen molar-refractivity contribution in [2.45, 2.75) is 6.61 Å². The van der Waals surface area contributed by atoms with Crippen molar-refractivity contribution in [1.29, 1.82) is 5.26 Å². The van der Waals surface area contributed by atoms with Gasteiger partial charge in [0.05, 0.1) is 0 Å². The smallest absolute Gasteiger partial charge is 0.144 e. The molecule has 17 heavy (non-hydrogen) atoms. The Kier molecular flexibility index (Phi) is 3.73. The molecule has 0 spiro atoms. The molecule has 0 aliphatic rings. The van der Waals surface area contributed by atoms with E-state index in [1.807, 2.05) is 30.3 Å². The SMILES string of the molecule is N#Cc1cc(OCc2ccc(Br)cc2)ccn1. The highest BCUT2D eigenvalue weighted by Crippen LogP contribution is 2.15. The molecule has 0 amide bonds. The zero-order valence-corrected chi connectivity index (χ0v) is 10.5. The number of aromatic nitrogens is 1. The fourth-order valence-corrected chi connectivity index (χ4v) is 1.57. The van der Waals surface area contributed by atoms with Crippen LogP contribution in [0.1, 0.15) is 11.3 Å². The number of ether oxygens (including phenoxy) is 1. The topological polar surface area (TPSA) is 45.9 Å². The number of hydrogen-bond donors (Lipinski definition) is 0. The zero-order chi connectivity index (χ0) is 12.1. The van der Waals surface area contributed by atoms with Crippen LogP contribution in [0.15, 0.2) is 47.1 Å². The van der Waals surface area contributed by atoms with Crippen molar-refractivity contribution in [2.75, 3.05) is 0 Å². The summed E-state index contributed by atoms with van der Waals surface area (Å²) in [5, 5.41) is 8.70. The van der Waals surface area contributed by atoms with Crippen LogP contribution in [0, 0.1) is 11.3 Å². The largest absolute Gasteiger partial charge is 0.489 e. The lowest BCUT2D eigenvalue weighted by atomic mass is 10.2. The van der Waals surface area contributed by atoms with Crippen molar-refractivity contribution >= 4 is 15.9 Å². The lowest BCUT2D eigenvalue weighted by Crippen LogP contribution is -1.95. The number of pyridine rings is 1. The van der Waals surface area contributed by atoms with Gasteiger partial charge in [-0.15, -0.1) is 0 Å². The molecule has 0 N–H and O–H groups in total. The molecule has 0 fully saturated rings. The van der Waals surface area contributed by atoms with Crippen LogP contribution in [0.4, 0.5) is 0 Å². The normalized spacial score (nSPS) is 9.65. The summed E-state index contributed by atoms with van der Waals surface area (Å²) in [6, 6.07) is 13.2. The molecule has 2 aromatic rings. The highest BCUT2D eigenvalue weighted by atomic mass is 79.9. The zero-order valence-electron chi connectivity index (χ0n) is 8.93. The molecule has 1 aromatic carbocycles. The van der Waals surface area contributed by atoms with Gasteiger partial charge in [0.25, 0.3) is 0 Å². The van der Waals surface area contributed by atoms with Crippen LogP contribution >= 0.6 is 15.9 Å².